The molecule has 320 valence electrons. The minimum absolute atomic E-state index is 0.0311. The lowest BCUT2D eigenvalue weighted by Crippen LogP contribution is -2.69. The van der Waals surface area contributed by atoms with Crippen molar-refractivity contribution in [1.82, 2.24) is 15.1 Å². The van der Waals surface area contributed by atoms with Gasteiger partial charge in [0.15, 0.2) is 40.0 Å². The number of benzene rings is 4. The summed E-state index contributed by atoms with van der Waals surface area (Å²) in [5.41, 5.74) is 5.06. The van der Waals surface area contributed by atoms with Crippen molar-refractivity contribution in [3.05, 3.63) is 105 Å². The Balaban J connectivity index is 1.23. The van der Waals surface area contributed by atoms with Crippen LogP contribution in [0.1, 0.15) is 67.4 Å². The van der Waals surface area contributed by atoms with Gasteiger partial charge in [0.2, 0.25) is 6.79 Å². The van der Waals surface area contributed by atoms with E-state index in [1.807, 2.05) is 57.3 Å². The molecule has 7 aliphatic rings. The number of piperazine rings is 1. The van der Waals surface area contributed by atoms with Gasteiger partial charge in [-0.2, -0.15) is 5.26 Å². The summed E-state index contributed by atoms with van der Waals surface area (Å²) in [5, 5.41) is 37.2. The van der Waals surface area contributed by atoms with E-state index in [1.165, 1.54) is 32.1 Å². The molecule has 0 aliphatic carbocycles. The molecule has 1 unspecified atom stereocenters. The maximum absolute atomic E-state index is 14.9. The molecule has 0 amide bonds. The summed E-state index contributed by atoms with van der Waals surface area (Å²) in [6.07, 6.45) is 4.10. The van der Waals surface area contributed by atoms with Crippen molar-refractivity contribution in [2.45, 2.75) is 67.7 Å². The van der Waals surface area contributed by atoms with Crippen molar-refractivity contribution in [1.29, 1.82) is 5.26 Å². The van der Waals surface area contributed by atoms with Gasteiger partial charge >= 0.3 is 11.9 Å². The van der Waals surface area contributed by atoms with Crippen LogP contribution in [0.3, 0.4) is 0 Å². The Bertz CT molecular complexity index is 2610. The highest BCUT2D eigenvalue weighted by Gasteiger charge is 2.62. The zero-order valence-corrected chi connectivity index (χ0v) is 35.7. The number of hydrogen-bond acceptors (Lipinski definition) is 15. The molecule has 7 heterocycles. The molecular weight excluding hydrogens is 813 g/mol. The van der Waals surface area contributed by atoms with Gasteiger partial charge in [-0.1, -0.05) is 36.4 Å². The number of rotatable bonds is 5. The van der Waals surface area contributed by atoms with E-state index in [9.17, 15) is 25.1 Å². The third-order valence-corrected chi connectivity index (χ3v) is 15.1. The molecule has 0 saturated carbocycles. The van der Waals surface area contributed by atoms with E-state index in [2.05, 4.69) is 21.2 Å². The van der Waals surface area contributed by atoms with Crippen molar-refractivity contribution in [3.63, 3.8) is 0 Å². The standard InChI is InChI=1S/C47H46N4O10S/c1-23-15-27-16-29-30(19-48)51-31-20-58-46(55)47(28-18-33(56-4)32(52)17-26(28)13-14-49-47)21-62-45(39(51)38(50(29)3)35(27)40(54)41(23)57-5)37-36(31)44-43(59-22-60-44)24(2)42(37)61-34(53)12-11-25-9-7-6-8-10-25/h6-12,15,17-18,29-31,38-39,45,49,52,54H,13-14,16,20-22H2,1-5H3/t29-,30-,31-,38+,39?,45+,47+/m0/s1. The van der Waals surface area contributed by atoms with Crippen molar-refractivity contribution in [2.24, 2.45) is 0 Å². The summed E-state index contributed by atoms with van der Waals surface area (Å²) in [4.78, 5) is 33.3. The average Bonchev–Trinajstić information content (AvgIpc) is 3.76. The summed E-state index contributed by atoms with van der Waals surface area (Å²) in [7, 11) is 4.99. The number of carbonyl (C=O) groups excluding carboxylic acids is 2. The van der Waals surface area contributed by atoms with E-state index in [0.29, 0.717) is 70.2 Å². The predicted molar refractivity (Wildman–Crippen MR) is 228 cm³/mol. The first-order chi connectivity index (χ1) is 30.0. The smallest absolute Gasteiger partial charge is 0.336 e. The first kappa shape index (κ1) is 40.2. The zero-order valence-electron chi connectivity index (χ0n) is 34.9. The van der Waals surface area contributed by atoms with Crippen LogP contribution in [0, 0.1) is 25.2 Å². The van der Waals surface area contributed by atoms with E-state index in [4.69, 9.17) is 28.4 Å². The Labute approximate surface area is 362 Å². The Kier molecular flexibility index (Phi) is 9.82. The van der Waals surface area contributed by atoms with Gasteiger partial charge in [0.25, 0.3) is 0 Å². The largest absolute Gasteiger partial charge is 0.504 e. The molecule has 2 fully saturated rings. The van der Waals surface area contributed by atoms with Crippen LogP contribution < -0.4 is 29.0 Å². The SMILES string of the molecule is COc1cc2c(cc1O)CCN[C@]21CS[C@@H]2c3c(OC(=O)C=Cc4ccccc4)c(C)c4c(c3[C@H](COC1=O)N1C2[C@H]2c3c(cc(C)c(OC)c3O)C[C@@H]([C@@H]1C#N)N2C)OCO4. The first-order valence-electron chi connectivity index (χ1n) is 20.6. The second-order valence-corrected chi connectivity index (χ2v) is 17.8. The fourth-order valence-corrected chi connectivity index (χ4v) is 12.6. The second-order valence-electron chi connectivity index (χ2n) is 16.7. The zero-order chi connectivity index (χ0) is 43.2. The number of ether oxygens (including phenoxy) is 6. The lowest BCUT2D eigenvalue weighted by atomic mass is 9.71. The molecule has 1 spiro atoms. The van der Waals surface area contributed by atoms with Gasteiger partial charge in [0.05, 0.1) is 37.6 Å². The fourth-order valence-electron chi connectivity index (χ4n) is 10.9. The van der Waals surface area contributed by atoms with Crippen LogP contribution in [0.4, 0.5) is 0 Å². The molecule has 4 aromatic carbocycles. The van der Waals surface area contributed by atoms with Crippen LogP contribution in [0.5, 0.6) is 40.2 Å². The summed E-state index contributed by atoms with van der Waals surface area (Å²) in [5.74, 6) is 0.722. The lowest BCUT2D eigenvalue weighted by molar-refractivity contribution is -0.157. The molecule has 4 bridgehead atoms. The second kappa shape index (κ2) is 15.2. The molecular formula is C47H46N4O10S. The van der Waals surface area contributed by atoms with Crippen molar-refractivity contribution < 1.29 is 48.2 Å². The highest BCUT2D eigenvalue weighted by atomic mass is 32.2. The average molecular weight is 859 g/mol. The van der Waals surface area contributed by atoms with Crippen molar-refractivity contribution in [3.8, 4) is 46.3 Å². The number of hydrogen-bond donors (Lipinski definition) is 3. The minimum atomic E-state index is -1.40. The highest BCUT2D eigenvalue weighted by Crippen LogP contribution is 2.64. The van der Waals surface area contributed by atoms with E-state index in [1.54, 1.807) is 18.2 Å². The predicted octanol–water partition coefficient (Wildman–Crippen LogP) is 5.68. The van der Waals surface area contributed by atoms with Crippen molar-refractivity contribution >= 4 is 29.8 Å². The van der Waals surface area contributed by atoms with Crippen LogP contribution in [-0.2, 0) is 32.7 Å². The number of esters is 2. The highest BCUT2D eigenvalue weighted by molar-refractivity contribution is 7.99. The molecule has 0 aromatic heterocycles. The number of thioether (sulfide) groups is 1. The third-order valence-electron chi connectivity index (χ3n) is 13.6. The van der Waals surface area contributed by atoms with E-state index < -0.39 is 46.9 Å². The number of nitrogens with zero attached hydrogens (tertiary/aromatic N) is 3. The minimum Gasteiger partial charge on any atom is -0.504 e. The van der Waals surface area contributed by atoms with E-state index in [-0.39, 0.29) is 42.4 Å². The Morgan fingerprint density at radius 1 is 1.02 bits per heavy atom. The monoisotopic (exact) mass is 858 g/mol. The topological polar surface area (TPSA) is 172 Å². The third kappa shape index (κ3) is 5.87. The quantitative estimate of drug-likeness (QED) is 0.127. The molecule has 7 aliphatic heterocycles. The normalized spacial score (nSPS) is 27.1. The van der Waals surface area contributed by atoms with Gasteiger partial charge < -0.3 is 38.6 Å². The number of nitrogens with one attached hydrogen (secondary N) is 1. The summed E-state index contributed by atoms with van der Waals surface area (Å²) >= 11 is 1.47. The maximum Gasteiger partial charge on any atom is 0.336 e. The van der Waals surface area contributed by atoms with Gasteiger partial charge in [-0.25, -0.2) is 9.59 Å². The first-order valence-corrected chi connectivity index (χ1v) is 21.7. The van der Waals surface area contributed by atoms with Gasteiger partial charge in [-0.15, -0.1) is 11.8 Å². The molecule has 15 heteroatoms. The molecule has 11 rings (SSSR count). The summed E-state index contributed by atoms with van der Waals surface area (Å²) in [6.45, 7) is 3.87. The van der Waals surface area contributed by atoms with Crippen LogP contribution in [-0.4, -0.2) is 97.0 Å². The van der Waals surface area contributed by atoms with Gasteiger partial charge in [-0.3, -0.25) is 15.1 Å². The van der Waals surface area contributed by atoms with E-state index in [0.717, 1.165) is 22.3 Å². The molecule has 0 radical (unpaired) electrons. The van der Waals surface area contributed by atoms with Crippen LogP contribution in [0.2, 0.25) is 0 Å². The van der Waals surface area contributed by atoms with Gasteiger partial charge in [-0.05, 0) is 79.8 Å². The van der Waals surface area contributed by atoms with Crippen LogP contribution >= 0.6 is 11.8 Å². The van der Waals surface area contributed by atoms with Gasteiger partial charge in [0.1, 0.15) is 18.4 Å². The molecule has 62 heavy (non-hydrogen) atoms. The molecule has 14 nitrogen and oxygen atoms in total. The van der Waals surface area contributed by atoms with Crippen molar-refractivity contribution in [2.75, 3.05) is 47.0 Å². The van der Waals surface area contributed by atoms with Crippen LogP contribution in [0.15, 0.2) is 54.6 Å². The number of nitriles is 1. The molecule has 4 aromatic rings. The Morgan fingerprint density at radius 3 is 2.56 bits per heavy atom. The number of methoxy groups -OCH3 is 2. The Hall–Kier alpha value is -5.92. The maximum atomic E-state index is 14.9. The molecule has 7 atom stereocenters. The summed E-state index contributed by atoms with van der Waals surface area (Å²) in [6, 6.07) is 14.6. The number of phenolic OH excluding ortho intramolecular Hbond substituents is 2. The number of phenols is 2. The molecule has 3 N–H and O–H groups in total. The number of fused-ring (bicyclic) bond motifs is 9. The van der Waals surface area contributed by atoms with Crippen LogP contribution in [0.25, 0.3) is 6.08 Å². The Morgan fingerprint density at radius 2 is 1.81 bits per heavy atom. The number of aromatic hydroxyl groups is 2. The fraction of sp³-hybridized carbons (Fsp3) is 0.383. The van der Waals surface area contributed by atoms with E-state index >= 15 is 0 Å². The molecule has 2 saturated heterocycles. The number of likely N-dealkylation sites (N-methyl/N-ethyl adjacent to an activating group) is 1. The number of carbonyl (C=O) groups is 2. The number of aryl methyl sites for hydroxylation is 1. The summed E-state index contributed by atoms with van der Waals surface area (Å²) < 4.78 is 36.8. The van der Waals surface area contributed by atoms with Gasteiger partial charge in [0, 0.05) is 52.7 Å². The lowest BCUT2D eigenvalue weighted by Gasteiger charge is -2.62.